The molecule has 0 bridgehead atoms. The molecule has 3 unspecified atom stereocenters. The molecule has 0 spiro atoms. The van der Waals surface area contributed by atoms with Gasteiger partial charge in [-0.3, -0.25) is 4.90 Å². The molecule has 3 atom stereocenters. The molecule has 6 heteroatoms. The predicted octanol–water partition coefficient (Wildman–Crippen LogP) is 2.12. The van der Waals surface area contributed by atoms with Crippen LogP contribution in [0.3, 0.4) is 0 Å². The zero-order chi connectivity index (χ0) is 14.0. The maximum absolute atomic E-state index is 12.3. The van der Waals surface area contributed by atoms with Gasteiger partial charge in [-0.15, -0.1) is 11.8 Å². The summed E-state index contributed by atoms with van der Waals surface area (Å²) in [5.41, 5.74) is 0. The van der Waals surface area contributed by atoms with E-state index in [1.807, 2.05) is 6.92 Å². The number of carbonyl (C=O) groups is 2. The second kappa shape index (κ2) is 6.03. The Balaban J connectivity index is 2.03. The Morgan fingerprint density at radius 3 is 2.68 bits per heavy atom. The lowest BCUT2D eigenvalue weighted by Gasteiger charge is -2.29. The van der Waals surface area contributed by atoms with Gasteiger partial charge in [-0.05, 0) is 32.1 Å². The van der Waals surface area contributed by atoms with Crippen LogP contribution in [0.15, 0.2) is 0 Å². The number of amides is 2. The molecule has 1 saturated carbocycles. The smallest absolute Gasteiger partial charge is 0.327 e. The average molecular weight is 286 g/mol. The Bertz CT molecular complexity index is 360. The first kappa shape index (κ1) is 14.5. The molecule has 2 amide bonds. The van der Waals surface area contributed by atoms with Crippen molar-refractivity contribution in [2.24, 2.45) is 5.92 Å². The highest BCUT2D eigenvalue weighted by atomic mass is 32.2. The Kier molecular flexibility index (Phi) is 4.60. The van der Waals surface area contributed by atoms with Crippen molar-refractivity contribution >= 4 is 23.8 Å². The molecule has 1 heterocycles. The maximum atomic E-state index is 12.3. The van der Waals surface area contributed by atoms with E-state index in [4.69, 9.17) is 0 Å². The van der Waals surface area contributed by atoms with Crippen LogP contribution >= 0.6 is 11.8 Å². The number of hydrogen-bond acceptors (Lipinski definition) is 3. The van der Waals surface area contributed by atoms with Gasteiger partial charge in [-0.1, -0.05) is 13.3 Å². The lowest BCUT2D eigenvalue weighted by Crippen LogP contribution is -2.52. The highest BCUT2D eigenvalue weighted by molar-refractivity contribution is 8.00. The first-order chi connectivity index (χ1) is 9.04. The van der Waals surface area contributed by atoms with Crippen LogP contribution in [-0.2, 0) is 4.79 Å². The van der Waals surface area contributed by atoms with Crippen molar-refractivity contribution in [1.82, 2.24) is 10.2 Å². The number of hydrogen-bond donors (Lipinski definition) is 2. The minimum absolute atomic E-state index is 0.0509. The molecule has 5 nitrogen and oxygen atoms in total. The van der Waals surface area contributed by atoms with Gasteiger partial charge in [0.05, 0.1) is 5.37 Å². The van der Waals surface area contributed by atoms with Crippen LogP contribution in [0.1, 0.15) is 39.5 Å². The first-order valence-corrected chi connectivity index (χ1v) is 8.02. The molecule has 2 N–H and O–H groups in total. The lowest BCUT2D eigenvalue weighted by atomic mass is 10.2. The molecule has 2 fully saturated rings. The van der Waals surface area contributed by atoms with E-state index in [2.05, 4.69) is 12.2 Å². The van der Waals surface area contributed by atoms with Crippen LogP contribution in [0.4, 0.5) is 4.79 Å². The fourth-order valence-corrected chi connectivity index (χ4v) is 4.14. The van der Waals surface area contributed by atoms with Crippen LogP contribution in [0.2, 0.25) is 0 Å². The number of carboxylic acid groups (broad SMARTS) is 1. The summed E-state index contributed by atoms with van der Waals surface area (Å²) in [6.45, 7) is 4.04. The molecule has 0 aromatic rings. The van der Waals surface area contributed by atoms with Gasteiger partial charge in [0.25, 0.3) is 0 Å². The Morgan fingerprint density at radius 2 is 2.16 bits per heavy atom. The van der Waals surface area contributed by atoms with Crippen molar-refractivity contribution in [3.63, 3.8) is 0 Å². The standard InChI is InChI=1S/C13H22N2O3S/c1-3-4-8(2)14-13(18)15-10(12(16)17)7-19-11(15)9-5-6-9/h8-11H,3-7H2,1-2H3,(H,14,18)(H,16,17). The predicted molar refractivity (Wildman–Crippen MR) is 75.1 cm³/mol. The van der Waals surface area contributed by atoms with Crippen LogP contribution in [0.5, 0.6) is 0 Å². The van der Waals surface area contributed by atoms with Crippen molar-refractivity contribution in [2.45, 2.75) is 57.0 Å². The Hall–Kier alpha value is -0.910. The number of nitrogens with zero attached hydrogens (tertiary/aromatic N) is 1. The van der Waals surface area contributed by atoms with E-state index >= 15 is 0 Å². The summed E-state index contributed by atoms with van der Waals surface area (Å²) in [4.78, 5) is 25.2. The number of carboxylic acids is 1. The van der Waals surface area contributed by atoms with Gasteiger partial charge < -0.3 is 10.4 Å². The minimum atomic E-state index is -0.894. The molecular formula is C13H22N2O3S. The summed E-state index contributed by atoms with van der Waals surface area (Å²) in [5, 5.41) is 12.2. The third-order valence-electron chi connectivity index (χ3n) is 3.67. The number of rotatable bonds is 5. The zero-order valence-electron chi connectivity index (χ0n) is 11.5. The molecule has 1 aliphatic heterocycles. The van der Waals surface area contributed by atoms with Crippen molar-refractivity contribution in [3.8, 4) is 0 Å². The van der Waals surface area contributed by atoms with Gasteiger partial charge in [-0.2, -0.15) is 0 Å². The summed E-state index contributed by atoms with van der Waals surface area (Å²) in [5.74, 6) is 0.0991. The fraction of sp³-hybridized carbons (Fsp3) is 0.846. The molecule has 19 heavy (non-hydrogen) atoms. The van der Waals surface area contributed by atoms with Crippen LogP contribution in [-0.4, -0.2) is 45.2 Å². The summed E-state index contributed by atoms with van der Waals surface area (Å²) >= 11 is 1.61. The van der Waals surface area contributed by atoms with E-state index in [0.29, 0.717) is 11.7 Å². The van der Waals surface area contributed by atoms with Crippen LogP contribution in [0, 0.1) is 5.92 Å². The normalized spacial score (nSPS) is 28.2. The van der Waals surface area contributed by atoms with E-state index < -0.39 is 12.0 Å². The van der Waals surface area contributed by atoms with Gasteiger partial charge in [0.1, 0.15) is 6.04 Å². The van der Waals surface area contributed by atoms with Gasteiger partial charge in [0, 0.05) is 11.8 Å². The summed E-state index contributed by atoms with van der Waals surface area (Å²) in [7, 11) is 0. The van der Waals surface area contributed by atoms with E-state index in [-0.39, 0.29) is 17.4 Å². The maximum Gasteiger partial charge on any atom is 0.327 e. The largest absolute Gasteiger partial charge is 0.480 e. The molecule has 1 aliphatic carbocycles. The van der Waals surface area contributed by atoms with Crippen LogP contribution in [0.25, 0.3) is 0 Å². The molecular weight excluding hydrogens is 264 g/mol. The summed E-state index contributed by atoms with van der Waals surface area (Å²) in [6, 6.07) is -0.794. The molecule has 2 rings (SSSR count). The summed E-state index contributed by atoms with van der Waals surface area (Å²) < 4.78 is 0. The fourth-order valence-electron chi connectivity index (χ4n) is 2.51. The molecule has 0 aromatic heterocycles. The van der Waals surface area contributed by atoms with Gasteiger partial charge in [-0.25, -0.2) is 9.59 Å². The molecule has 108 valence electrons. The topological polar surface area (TPSA) is 69.6 Å². The van der Waals surface area contributed by atoms with Crippen molar-refractivity contribution < 1.29 is 14.7 Å². The number of nitrogens with one attached hydrogen (secondary N) is 1. The first-order valence-electron chi connectivity index (χ1n) is 6.97. The zero-order valence-corrected chi connectivity index (χ0v) is 12.3. The Labute approximate surface area is 118 Å². The van der Waals surface area contributed by atoms with Crippen molar-refractivity contribution in [3.05, 3.63) is 0 Å². The summed E-state index contributed by atoms with van der Waals surface area (Å²) in [6.07, 6.45) is 4.14. The molecule has 0 aromatic carbocycles. The van der Waals surface area contributed by atoms with Gasteiger partial charge in [0.2, 0.25) is 0 Å². The molecule has 2 aliphatic rings. The van der Waals surface area contributed by atoms with Gasteiger partial charge >= 0.3 is 12.0 Å². The number of carbonyl (C=O) groups excluding carboxylic acids is 1. The van der Waals surface area contributed by atoms with E-state index in [9.17, 15) is 14.7 Å². The monoisotopic (exact) mass is 286 g/mol. The second-order valence-corrected chi connectivity index (χ2v) is 6.61. The van der Waals surface area contributed by atoms with E-state index in [1.165, 1.54) is 0 Å². The number of aliphatic carboxylic acids is 1. The average Bonchev–Trinajstić information content (AvgIpc) is 3.07. The Morgan fingerprint density at radius 1 is 1.47 bits per heavy atom. The minimum Gasteiger partial charge on any atom is -0.480 e. The van der Waals surface area contributed by atoms with Crippen molar-refractivity contribution in [2.75, 3.05) is 5.75 Å². The SMILES string of the molecule is CCCC(C)NC(=O)N1C(C(=O)O)CSC1C1CC1. The lowest BCUT2D eigenvalue weighted by molar-refractivity contribution is -0.141. The number of thioether (sulfide) groups is 1. The van der Waals surface area contributed by atoms with E-state index in [0.717, 1.165) is 25.7 Å². The highest BCUT2D eigenvalue weighted by Gasteiger charge is 2.48. The second-order valence-electron chi connectivity index (χ2n) is 5.46. The van der Waals surface area contributed by atoms with E-state index in [1.54, 1.807) is 16.7 Å². The van der Waals surface area contributed by atoms with Gasteiger partial charge in [0.15, 0.2) is 0 Å². The third kappa shape index (κ3) is 3.35. The van der Waals surface area contributed by atoms with Crippen LogP contribution < -0.4 is 5.32 Å². The number of urea groups is 1. The quantitative estimate of drug-likeness (QED) is 0.812. The molecule has 1 saturated heterocycles. The highest BCUT2D eigenvalue weighted by Crippen LogP contribution is 2.45. The third-order valence-corrected chi connectivity index (χ3v) is 5.13. The van der Waals surface area contributed by atoms with Crippen molar-refractivity contribution in [1.29, 1.82) is 0 Å². The molecule has 0 radical (unpaired) electrons.